The van der Waals surface area contributed by atoms with Gasteiger partial charge in [-0.1, -0.05) is 0 Å². The zero-order valence-electron chi connectivity index (χ0n) is 11.5. The number of methoxy groups -OCH3 is 1. The van der Waals surface area contributed by atoms with E-state index in [2.05, 4.69) is 5.32 Å². The van der Waals surface area contributed by atoms with Gasteiger partial charge in [0.25, 0.3) is 0 Å². The standard InChI is InChI=1S/C13H20N2O5/c1-20-7-11(16)15-4-2-8(3-5-15)14-12(17)9-6-10(9)13(18)19/h8-10H,2-7H2,1H3,(H,14,17)(H,18,19). The highest BCUT2D eigenvalue weighted by molar-refractivity contribution is 5.89. The number of nitrogens with one attached hydrogen (secondary N) is 1. The summed E-state index contributed by atoms with van der Waals surface area (Å²) in [6.07, 6.45) is 1.84. The first-order valence-electron chi connectivity index (χ1n) is 6.82. The Hall–Kier alpha value is -1.63. The number of hydrogen-bond donors (Lipinski definition) is 2. The van der Waals surface area contributed by atoms with E-state index in [4.69, 9.17) is 9.84 Å². The predicted octanol–water partition coefficient (Wildman–Crippen LogP) is -0.539. The summed E-state index contributed by atoms with van der Waals surface area (Å²) < 4.78 is 4.81. The molecule has 1 saturated carbocycles. The number of amides is 2. The van der Waals surface area contributed by atoms with E-state index in [-0.39, 0.29) is 30.4 Å². The molecule has 1 heterocycles. The zero-order valence-corrected chi connectivity index (χ0v) is 11.5. The third-order valence-electron chi connectivity index (χ3n) is 3.91. The van der Waals surface area contributed by atoms with Crippen molar-refractivity contribution in [3.63, 3.8) is 0 Å². The SMILES string of the molecule is COCC(=O)N1CCC(NC(=O)C2CC2C(=O)O)CC1. The molecule has 2 rings (SSSR count). The van der Waals surface area contributed by atoms with Crippen molar-refractivity contribution in [1.82, 2.24) is 10.2 Å². The molecule has 20 heavy (non-hydrogen) atoms. The Bertz CT molecular complexity index is 404. The summed E-state index contributed by atoms with van der Waals surface area (Å²) >= 11 is 0. The molecule has 7 nitrogen and oxygen atoms in total. The molecular weight excluding hydrogens is 264 g/mol. The zero-order chi connectivity index (χ0) is 14.7. The maximum atomic E-state index is 11.8. The lowest BCUT2D eigenvalue weighted by molar-refractivity contribution is -0.140. The van der Waals surface area contributed by atoms with Crippen LogP contribution in [0.5, 0.6) is 0 Å². The van der Waals surface area contributed by atoms with Crippen molar-refractivity contribution in [3.8, 4) is 0 Å². The summed E-state index contributed by atoms with van der Waals surface area (Å²) in [7, 11) is 1.49. The molecule has 0 aromatic carbocycles. The lowest BCUT2D eigenvalue weighted by Crippen LogP contribution is -2.47. The Morgan fingerprint density at radius 1 is 1.25 bits per heavy atom. The van der Waals surface area contributed by atoms with Crippen LogP contribution in [0.15, 0.2) is 0 Å². The lowest BCUT2D eigenvalue weighted by atomic mass is 10.0. The van der Waals surface area contributed by atoms with Crippen molar-refractivity contribution in [2.75, 3.05) is 26.8 Å². The topological polar surface area (TPSA) is 95.9 Å². The summed E-state index contributed by atoms with van der Waals surface area (Å²) in [5.74, 6) is -1.99. The van der Waals surface area contributed by atoms with E-state index >= 15 is 0 Å². The Morgan fingerprint density at radius 2 is 1.90 bits per heavy atom. The van der Waals surface area contributed by atoms with Gasteiger partial charge >= 0.3 is 5.97 Å². The van der Waals surface area contributed by atoms with E-state index in [0.717, 1.165) is 0 Å². The minimum atomic E-state index is -0.898. The van der Waals surface area contributed by atoms with Crippen molar-refractivity contribution in [2.45, 2.75) is 25.3 Å². The fourth-order valence-corrected chi connectivity index (χ4v) is 2.55. The molecule has 0 radical (unpaired) electrons. The number of carbonyl (C=O) groups is 3. The summed E-state index contributed by atoms with van der Waals surface area (Å²) in [5, 5.41) is 11.7. The highest BCUT2D eigenvalue weighted by Gasteiger charge is 2.48. The molecule has 2 N–H and O–H groups in total. The molecule has 2 amide bonds. The average Bonchev–Trinajstić information content (AvgIpc) is 3.20. The molecule has 2 aliphatic rings. The van der Waals surface area contributed by atoms with Crippen molar-refractivity contribution >= 4 is 17.8 Å². The first-order chi connectivity index (χ1) is 9.52. The van der Waals surface area contributed by atoms with Gasteiger partial charge in [0.15, 0.2) is 0 Å². The van der Waals surface area contributed by atoms with Crippen molar-refractivity contribution in [1.29, 1.82) is 0 Å². The van der Waals surface area contributed by atoms with Crippen molar-refractivity contribution in [3.05, 3.63) is 0 Å². The number of likely N-dealkylation sites (tertiary alicyclic amines) is 1. The number of piperidine rings is 1. The first kappa shape index (κ1) is 14.8. The van der Waals surface area contributed by atoms with Crippen LogP contribution in [0.3, 0.4) is 0 Å². The van der Waals surface area contributed by atoms with Gasteiger partial charge in [-0.3, -0.25) is 14.4 Å². The molecule has 0 bridgehead atoms. The summed E-state index contributed by atoms with van der Waals surface area (Å²) in [6.45, 7) is 1.28. The maximum absolute atomic E-state index is 11.8. The molecule has 7 heteroatoms. The smallest absolute Gasteiger partial charge is 0.307 e. The summed E-state index contributed by atoms with van der Waals surface area (Å²) in [4.78, 5) is 35.9. The van der Waals surface area contributed by atoms with E-state index < -0.39 is 11.9 Å². The van der Waals surface area contributed by atoms with Crippen molar-refractivity contribution < 1.29 is 24.2 Å². The number of aliphatic carboxylic acids is 1. The van der Waals surface area contributed by atoms with E-state index in [1.807, 2.05) is 0 Å². The quantitative estimate of drug-likeness (QED) is 0.707. The van der Waals surface area contributed by atoms with E-state index in [1.54, 1.807) is 4.90 Å². The largest absolute Gasteiger partial charge is 0.481 e. The highest BCUT2D eigenvalue weighted by atomic mass is 16.5. The van der Waals surface area contributed by atoms with E-state index in [9.17, 15) is 14.4 Å². The van der Waals surface area contributed by atoms with Gasteiger partial charge in [-0.05, 0) is 19.3 Å². The van der Waals surface area contributed by atoms with Crippen molar-refractivity contribution in [2.24, 2.45) is 11.8 Å². The second kappa shape index (κ2) is 6.21. The molecule has 1 saturated heterocycles. The van der Waals surface area contributed by atoms with Gasteiger partial charge in [0.05, 0.1) is 11.8 Å². The minimum Gasteiger partial charge on any atom is -0.481 e. The van der Waals surface area contributed by atoms with Gasteiger partial charge in [0, 0.05) is 26.2 Å². The molecule has 2 atom stereocenters. The fourth-order valence-electron chi connectivity index (χ4n) is 2.55. The number of hydrogen-bond acceptors (Lipinski definition) is 4. The lowest BCUT2D eigenvalue weighted by Gasteiger charge is -2.32. The molecule has 2 fully saturated rings. The highest BCUT2D eigenvalue weighted by Crippen LogP contribution is 2.38. The van der Waals surface area contributed by atoms with Crippen LogP contribution < -0.4 is 5.32 Å². The van der Waals surface area contributed by atoms with Crippen LogP contribution >= 0.6 is 0 Å². The van der Waals surface area contributed by atoms with Gasteiger partial charge in [0.1, 0.15) is 6.61 Å². The van der Waals surface area contributed by atoms with Crippen LogP contribution in [-0.2, 0) is 19.1 Å². The Morgan fingerprint density at radius 3 is 2.40 bits per heavy atom. The van der Waals surface area contributed by atoms with Gasteiger partial charge in [-0.15, -0.1) is 0 Å². The molecule has 1 aliphatic carbocycles. The number of ether oxygens (including phenoxy) is 1. The molecule has 0 spiro atoms. The van der Waals surface area contributed by atoms with Crippen LogP contribution in [0.4, 0.5) is 0 Å². The van der Waals surface area contributed by atoms with Crippen LogP contribution in [-0.4, -0.2) is 60.6 Å². The maximum Gasteiger partial charge on any atom is 0.307 e. The van der Waals surface area contributed by atoms with Gasteiger partial charge in [-0.2, -0.15) is 0 Å². The molecule has 0 aromatic heterocycles. The minimum absolute atomic E-state index is 0.0316. The number of carbonyl (C=O) groups excluding carboxylic acids is 2. The monoisotopic (exact) mass is 284 g/mol. The number of carboxylic acid groups (broad SMARTS) is 1. The van der Waals surface area contributed by atoms with Crippen LogP contribution in [0.25, 0.3) is 0 Å². The molecule has 112 valence electrons. The number of nitrogens with zero attached hydrogens (tertiary/aromatic N) is 1. The second-order valence-electron chi connectivity index (χ2n) is 5.38. The fraction of sp³-hybridized carbons (Fsp3) is 0.769. The summed E-state index contributed by atoms with van der Waals surface area (Å²) in [5.41, 5.74) is 0. The normalized spacial score (nSPS) is 26.1. The second-order valence-corrected chi connectivity index (χ2v) is 5.38. The Kier molecular flexibility index (Phi) is 4.59. The Labute approximate surface area is 117 Å². The first-order valence-corrected chi connectivity index (χ1v) is 6.82. The number of carboxylic acids is 1. The average molecular weight is 284 g/mol. The van der Waals surface area contributed by atoms with Crippen LogP contribution in [0.2, 0.25) is 0 Å². The third kappa shape index (κ3) is 3.47. The third-order valence-corrected chi connectivity index (χ3v) is 3.91. The Balaban J connectivity index is 1.71. The van der Waals surface area contributed by atoms with Crippen LogP contribution in [0, 0.1) is 11.8 Å². The number of rotatable bonds is 5. The molecule has 2 unspecified atom stereocenters. The van der Waals surface area contributed by atoms with E-state index in [1.165, 1.54) is 7.11 Å². The van der Waals surface area contributed by atoms with Gasteiger partial charge in [0.2, 0.25) is 11.8 Å². The molecule has 0 aromatic rings. The van der Waals surface area contributed by atoms with Crippen LogP contribution in [0.1, 0.15) is 19.3 Å². The molecular formula is C13H20N2O5. The van der Waals surface area contributed by atoms with Gasteiger partial charge < -0.3 is 20.1 Å². The van der Waals surface area contributed by atoms with Gasteiger partial charge in [-0.25, -0.2) is 0 Å². The van der Waals surface area contributed by atoms with E-state index in [0.29, 0.717) is 32.4 Å². The summed E-state index contributed by atoms with van der Waals surface area (Å²) in [6, 6.07) is 0.0316. The predicted molar refractivity (Wildman–Crippen MR) is 68.9 cm³/mol. The molecule has 1 aliphatic heterocycles.